The maximum atomic E-state index is 12.5. The highest BCUT2D eigenvalue weighted by Crippen LogP contribution is 2.18. The number of hydrogen-bond acceptors (Lipinski definition) is 5. The fourth-order valence-electron chi connectivity index (χ4n) is 2.45. The Morgan fingerprint density at radius 3 is 2.30 bits per heavy atom. The Hall–Kier alpha value is -3.72. The van der Waals surface area contributed by atoms with Crippen molar-refractivity contribution >= 4 is 23.2 Å². The Balaban J connectivity index is 1.70. The molecule has 6 nitrogen and oxygen atoms in total. The van der Waals surface area contributed by atoms with Crippen molar-refractivity contribution in [2.45, 2.75) is 19.8 Å². The van der Waals surface area contributed by atoms with E-state index in [2.05, 4.69) is 40.5 Å². The summed E-state index contributed by atoms with van der Waals surface area (Å²) in [6.07, 6.45) is 1.52. The van der Waals surface area contributed by atoms with Gasteiger partial charge in [-0.3, -0.25) is 4.79 Å². The third-order valence-corrected chi connectivity index (χ3v) is 3.99. The fraction of sp³-hybridized carbons (Fsp3) is 0.143. The number of benzene rings is 2. The van der Waals surface area contributed by atoms with E-state index in [-0.39, 0.29) is 11.6 Å². The maximum Gasteiger partial charge on any atom is 0.274 e. The summed E-state index contributed by atoms with van der Waals surface area (Å²) in [5.41, 5.74) is 3.48. The van der Waals surface area contributed by atoms with Gasteiger partial charge < -0.3 is 10.6 Å². The largest absolute Gasteiger partial charge is 0.324 e. The Labute approximate surface area is 157 Å². The second kappa shape index (κ2) is 8.11. The first kappa shape index (κ1) is 18.1. The smallest absolute Gasteiger partial charge is 0.274 e. The van der Waals surface area contributed by atoms with Gasteiger partial charge in [-0.05, 0) is 53.9 Å². The van der Waals surface area contributed by atoms with Crippen LogP contribution in [-0.2, 0) is 0 Å². The van der Waals surface area contributed by atoms with E-state index in [4.69, 9.17) is 5.26 Å². The highest BCUT2D eigenvalue weighted by atomic mass is 16.1. The topological polar surface area (TPSA) is 90.7 Å². The quantitative estimate of drug-likeness (QED) is 0.703. The van der Waals surface area contributed by atoms with Gasteiger partial charge in [0.25, 0.3) is 5.91 Å². The van der Waals surface area contributed by atoms with Crippen LogP contribution in [-0.4, -0.2) is 15.9 Å². The molecule has 0 spiro atoms. The standard InChI is InChI=1S/C21H19N5O/c1-14(2)16-5-9-17(10-6-16)24-20(27)19-11-12-23-21(26-19)25-18-7-3-15(13-22)4-8-18/h3-12,14H,1-2H3,(H,24,27)(H,23,25,26). The van der Waals surface area contributed by atoms with Gasteiger partial charge in [-0.15, -0.1) is 0 Å². The summed E-state index contributed by atoms with van der Waals surface area (Å²) in [7, 11) is 0. The van der Waals surface area contributed by atoms with E-state index in [9.17, 15) is 4.79 Å². The molecule has 1 amide bonds. The number of hydrogen-bond donors (Lipinski definition) is 2. The second-order valence-electron chi connectivity index (χ2n) is 6.31. The zero-order valence-corrected chi connectivity index (χ0v) is 15.1. The lowest BCUT2D eigenvalue weighted by Crippen LogP contribution is -2.14. The summed E-state index contributed by atoms with van der Waals surface area (Å²) in [6, 6.07) is 18.3. The predicted octanol–water partition coefficient (Wildman–Crippen LogP) is 4.47. The van der Waals surface area contributed by atoms with Crippen LogP contribution in [0.15, 0.2) is 60.8 Å². The molecule has 0 atom stereocenters. The molecule has 3 rings (SSSR count). The Bertz CT molecular complexity index is 973. The van der Waals surface area contributed by atoms with E-state index in [0.29, 0.717) is 23.1 Å². The summed E-state index contributed by atoms with van der Waals surface area (Å²) in [6.45, 7) is 4.24. The molecule has 27 heavy (non-hydrogen) atoms. The lowest BCUT2D eigenvalue weighted by Gasteiger charge is -2.09. The molecule has 0 radical (unpaired) electrons. The zero-order valence-electron chi connectivity index (χ0n) is 15.1. The van der Waals surface area contributed by atoms with Gasteiger partial charge in [-0.2, -0.15) is 5.26 Å². The van der Waals surface area contributed by atoms with Crippen LogP contribution in [0.2, 0.25) is 0 Å². The molecule has 0 aliphatic carbocycles. The molecule has 3 aromatic rings. The number of nitriles is 1. The Kier molecular flexibility index (Phi) is 5.43. The van der Waals surface area contributed by atoms with Gasteiger partial charge in [-0.25, -0.2) is 9.97 Å². The van der Waals surface area contributed by atoms with E-state index < -0.39 is 0 Å². The molecule has 0 aliphatic heterocycles. The average molecular weight is 357 g/mol. The Morgan fingerprint density at radius 2 is 1.67 bits per heavy atom. The molecule has 0 unspecified atom stereocenters. The van der Waals surface area contributed by atoms with Crippen molar-refractivity contribution in [2.75, 3.05) is 10.6 Å². The van der Waals surface area contributed by atoms with Crippen LogP contribution >= 0.6 is 0 Å². The summed E-state index contributed by atoms with van der Waals surface area (Å²) in [4.78, 5) is 20.8. The minimum absolute atomic E-state index is 0.258. The van der Waals surface area contributed by atoms with Gasteiger partial charge in [0.05, 0.1) is 11.6 Å². The summed E-state index contributed by atoms with van der Waals surface area (Å²) in [5.74, 6) is 0.438. The summed E-state index contributed by atoms with van der Waals surface area (Å²) >= 11 is 0. The molecular formula is C21H19N5O. The van der Waals surface area contributed by atoms with Crippen molar-refractivity contribution in [1.29, 1.82) is 5.26 Å². The van der Waals surface area contributed by atoms with Crippen LogP contribution in [0.25, 0.3) is 0 Å². The number of aromatic nitrogens is 2. The number of carbonyl (C=O) groups is 1. The maximum absolute atomic E-state index is 12.5. The average Bonchev–Trinajstić information content (AvgIpc) is 2.69. The minimum atomic E-state index is -0.308. The molecule has 1 aromatic heterocycles. The van der Waals surface area contributed by atoms with Gasteiger partial charge in [0.2, 0.25) is 5.95 Å². The molecule has 0 aliphatic rings. The highest BCUT2D eigenvalue weighted by Gasteiger charge is 2.10. The molecule has 0 saturated carbocycles. The van der Waals surface area contributed by atoms with E-state index >= 15 is 0 Å². The molecular weight excluding hydrogens is 338 g/mol. The number of anilines is 3. The molecule has 134 valence electrons. The van der Waals surface area contributed by atoms with Gasteiger partial charge in [0, 0.05) is 17.6 Å². The zero-order chi connectivity index (χ0) is 19.2. The van der Waals surface area contributed by atoms with Crippen LogP contribution in [0, 0.1) is 11.3 Å². The normalized spacial score (nSPS) is 10.3. The van der Waals surface area contributed by atoms with Crippen LogP contribution < -0.4 is 10.6 Å². The molecule has 2 aromatic carbocycles. The van der Waals surface area contributed by atoms with E-state index in [1.807, 2.05) is 24.3 Å². The van der Waals surface area contributed by atoms with Crippen molar-refractivity contribution in [3.8, 4) is 6.07 Å². The van der Waals surface area contributed by atoms with Crippen molar-refractivity contribution < 1.29 is 4.79 Å². The molecule has 0 bridgehead atoms. The van der Waals surface area contributed by atoms with Gasteiger partial charge in [-0.1, -0.05) is 26.0 Å². The first-order valence-electron chi connectivity index (χ1n) is 8.56. The van der Waals surface area contributed by atoms with E-state index in [0.717, 1.165) is 5.69 Å². The lowest BCUT2D eigenvalue weighted by molar-refractivity contribution is 0.102. The SMILES string of the molecule is CC(C)c1ccc(NC(=O)c2ccnc(Nc3ccc(C#N)cc3)n2)cc1. The molecule has 1 heterocycles. The number of carbonyl (C=O) groups excluding carboxylic acids is 1. The van der Waals surface area contributed by atoms with Gasteiger partial charge in [0.1, 0.15) is 5.69 Å². The highest BCUT2D eigenvalue weighted by molar-refractivity contribution is 6.03. The van der Waals surface area contributed by atoms with E-state index in [1.165, 1.54) is 11.8 Å². The molecule has 0 saturated heterocycles. The van der Waals surface area contributed by atoms with Crippen LogP contribution in [0.3, 0.4) is 0 Å². The van der Waals surface area contributed by atoms with Crippen LogP contribution in [0.4, 0.5) is 17.3 Å². The van der Waals surface area contributed by atoms with Crippen molar-refractivity contribution in [3.63, 3.8) is 0 Å². The van der Waals surface area contributed by atoms with Crippen molar-refractivity contribution in [3.05, 3.63) is 77.6 Å². The minimum Gasteiger partial charge on any atom is -0.324 e. The van der Waals surface area contributed by atoms with Crippen LogP contribution in [0.1, 0.15) is 41.4 Å². The van der Waals surface area contributed by atoms with E-state index in [1.54, 1.807) is 30.3 Å². The summed E-state index contributed by atoms with van der Waals surface area (Å²) < 4.78 is 0. The monoisotopic (exact) mass is 357 g/mol. The molecule has 0 fully saturated rings. The third kappa shape index (κ3) is 4.67. The predicted molar refractivity (Wildman–Crippen MR) is 105 cm³/mol. The van der Waals surface area contributed by atoms with Gasteiger partial charge in [0.15, 0.2) is 0 Å². The van der Waals surface area contributed by atoms with Gasteiger partial charge >= 0.3 is 0 Å². The number of nitrogens with one attached hydrogen (secondary N) is 2. The molecule has 2 N–H and O–H groups in total. The first-order valence-corrected chi connectivity index (χ1v) is 8.56. The van der Waals surface area contributed by atoms with Crippen molar-refractivity contribution in [1.82, 2.24) is 9.97 Å². The third-order valence-electron chi connectivity index (χ3n) is 3.99. The Morgan fingerprint density at radius 1 is 1.00 bits per heavy atom. The summed E-state index contributed by atoms with van der Waals surface area (Å²) in [5, 5.41) is 14.7. The second-order valence-corrected chi connectivity index (χ2v) is 6.31. The number of nitrogens with zero attached hydrogens (tertiary/aromatic N) is 3. The lowest BCUT2D eigenvalue weighted by atomic mass is 10.0. The molecule has 6 heteroatoms. The first-order chi connectivity index (χ1) is 13.0. The van der Waals surface area contributed by atoms with Crippen molar-refractivity contribution in [2.24, 2.45) is 0 Å². The number of amides is 1. The van der Waals surface area contributed by atoms with Crippen LogP contribution in [0.5, 0.6) is 0 Å². The fourth-order valence-corrected chi connectivity index (χ4v) is 2.45. The number of rotatable bonds is 5.